The summed E-state index contributed by atoms with van der Waals surface area (Å²) in [6.07, 6.45) is 2.09. The van der Waals surface area contributed by atoms with Crippen molar-refractivity contribution >= 4 is 11.6 Å². The molecule has 2 unspecified atom stereocenters. The Morgan fingerprint density at radius 1 is 1.14 bits per heavy atom. The van der Waals surface area contributed by atoms with Crippen LogP contribution in [0.25, 0.3) is 5.69 Å². The topological polar surface area (TPSA) is 26.9 Å². The van der Waals surface area contributed by atoms with Crippen LogP contribution >= 0.6 is 11.6 Å². The fourth-order valence-corrected chi connectivity index (χ4v) is 5.94. The van der Waals surface area contributed by atoms with Crippen LogP contribution in [0.3, 0.4) is 0 Å². The number of hydrogen-bond acceptors (Lipinski definition) is 1. The molecule has 2 aliphatic rings. The van der Waals surface area contributed by atoms with Gasteiger partial charge in [0.05, 0.1) is 22.9 Å². The van der Waals surface area contributed by atoms with Crippen LogP contribution in [0, 0.1) is 11.2 Å². The number of benzene rings is 2. The third kappa shape index (κ3) is 2.38. The van der Waals surface area contributed by atoms with Gasteiger partial charge in [-0.1, -0.05) is 62.7 Å². The minimum Gasteiger partial charge on any atom is -0.277 e. The number of nitrogens with zero attached hydrogens (tertiary/aromatic N) is 2. The van der Waals surface area contributed by atoms with Crippen LogP contribution in [-0.4, -0.2) is 9.36 Å². The minimum atomic E-state index is -0.409. The molecular formula is C24H24ClFN2O. The lowest BCUT2D eigenvalue weighted by Crippen LogP contribution is -2.36. The predicted octanol–water partition coefficient (Wildman–Crippen LogP) is 5.65. The molecule has 0 radical (unpaired) electrons. The number of aromatic nitrogens is 2. The van der Waals surface area contributed by atoms with Crippen molar-refractivity contribution in [2.24, 2.45) is 5.41 Å². The lowest BCUT2D eigenvalue weighted by Gasteiger charge is -2.36. The first-order valence-corrected chi connectivity index (χ1v) is 10.5. The number of rotatable bonds is 3. The van der Waals surface area contributed by atoms with Crippen LogP contribution in [0.5, 0.6) is 0 Å². The second kappa shape index (κ2) is 6.09. The molecule has 0 spiro atoms. The number of fused-ring (bicyclic) bond motifs is 5. The second-order valence-electron chi connectivity index (χ2n) is 9.16. The first-order chi connectivity index (χ1) is 13.8. The fourth-order valence-electron chi connectivity index (χ4n) is 5.69. The van der Waals surface area contributed by atoms with Gasteiger partial charge in [0.25, 0.3) is 5.56 Å². The van der Waals surface area contributed by atoms with Crippen LogP contribution in [0.15, 0.2) is 53.3 Å². The molecule has 3 nitrogen and oxygen atoms in total. The quantitative estimate of drug-likeness (QED) is 0.547. The lowest BCUT2D eigenvalue weighted by molar-refractivity contribution is 0.216. The van der Waals surface area contributed by atoms with Crippen molar-refractivity contribution < 1.29 is 4.39 Å². The average Bonchev–Trinajstić information content (AvgIpc) is 3.15. The standard InChI is InChI=1S/C24H24ClFN2O/c1-23(2)17-11-12-24(23,3)21-20(17)22(29)28(19-10-9-16(26)13-18(19)25)27(21)14-15-7-5-4-6-8-15/h4-10,13,17H,11-12,14H2,1-3H3. The maximum absolute atomic E-state index is 13.7. The molecule has 2 bridgehead atoms. The fraction of sp³-hybridized carbons (Fsp3) is 0.375. The number of hydrogen-bond donors (Lipinski definition) is 0. The second-order valence-corrected chi connectivity index (χ2v) is 9.57. The van der Waals surface area contributed by atoms with Crippen molar-refractivity contribution in [3.05, 3.63) is 86.5 Å². The van der Waals surface area contributed by atoms with Gasteiger partial charge < -0.3 is 0 Å². The SMILES string of the molecule is CC12CCC(c3c1n(Cc1ccccc1)n(-c1ccc(F)cc1Cl)c3=O)C2(C)C. The van der Waals surface area contributed by atoms with Gasteiger partial charge in [-0.15, -0.1) is 0 Å². The van der Waals surface area contributed by atoms with E-state index in [1.807, 2.05) is 18.2 Å². The van der Waals surface area contributed by atoms with E-state index in [0.717, 1.165) is 29.7 Å². The molecule has 1 saturated carbocycles. The highest BCUT2D eigenvalue weighted by atomic mass is 35.5. The van der Waals surface area contributed by atoms with E-state index in [4.69, 9.17) is 11.6 Å². The summed E-state index contributed by atoms with van der Waals surface area (Å²) >= 11 is 6.40. The Morgan fingerprint density at radius 3 is 2.55 bits per heavy atom. The first-order valence-electron chi connectivity index (χ1n) is 10.1. The van der Waals surface area contributed by atoms with Crippen LogP contribution in [0.4, 0.5) is 4.39 Å². The molecule has 150 valence electrons. The summed E-state index contributed by atoms with van der Waals surface area (Å²) in [5, 5.41) is 0.245. The largest absolute Gasteiger partial charge is 0.277 e. The summed E-state index contributed by atoms with van der Waals surface area (Å²) in [4.78, 5) is 13.7. The third-order valence-corrected chi connectivity index (χ3v) is 7.89. The highest BCUT2D eigenvalue weighted by molar-refractivity contribution is 6.32. The van der Waals surface area contributed by atoms with Gasteiger partial charge in [-0.05, 0) is 47.9 Å². The molecule has 5 heteroatoms. The molecule has 29 heavy (non-hydrogen) atoms. The van der Waals surface area contributed by atoms with Crippen LogP contribution < -0.4 is 5.56 Å². The summed E-state index contributed by atoms with van der Waals surface area (Å²) < 4.78 is 17.5. The van der Waals surface area contributed by atoms with Gasteiger partial charge in [0.2, 0.25) is 0 Å². The maximum Gasteiger partial charge on any atom is 0.275 e. The van der Waals surface area contributed by atoms with Crippen LogP contribution in [0.1, 0.15) is 56.4 Å². The molecular weight excluding hydrogens is 387 g/mol. The van der Waals surface area contributed by atoms with Crippen molar-refractivity contribution in [3.63, 3.8) is 0 Å². The molecule has 3 aromatic rings. The summed E-state index contributed by atoms with van der Waals surface area (Å²) in [6.45, 7) is 7.42. The lowest BCUT2D eigenvalue weighted by atomic mass is 9.70. The zero-order chi connectivity index (χ0) is 20.6. The van der Waals surface area contributed by atoms with Crippen LogP contribution in [-0.2, 0) is 12.0 Å². The van der Waals surface area contributed by atoms with Crippen molar-refractivity contribution in [2.45, 2.75) is 51.5 Å². The zero-order valence-corrected chi connectivity index (χ0v) is 17.6. The van der Waals surface area contributed by atoms with E-state index in [-0.39, 0.29) is 27.3 Å². The summed E-state index contributed by atoms with van der Waals surface area (Å²) in [5.74, 6) is -0.175. The molecule has 0 amide bonds. The van der Waals surface area contributed by atoms with Crippen LogP contribution in [0.2, 0.25) is 5.02 Å². The van der Waals surface area contributed by atoms with Crippen molar-refractivity contribution in [1.29, 1.82) is 0 Å². The molecule has 2 aliphatic carbocycles. The molecule has 0 N–H and O–H groups in total. The number of halogens is 2. The Bertz CT molecular complexity index is 1180. The Balaban J connectivity index is 1.82. The minimum absolute atomic E-state index is 0.0223. The smallest absolute Gasteiger partial charge is 0.275 e. The summed E-state index contributed by atoms with van der Waals surface area (Å²) in [7, 11) is 0. The van der Waals surface area contributed by atoms with Crippen molar-refractivity contribution in [1.82, 2.24) is 9.36 Å². The zero-order valence-electron chi connectivity index (χ0n) is 16.9. The molecule has 1 aromatic heterocycles. The Labute approximate surface area is 174 Å². The summed E-state index contributed by atoms with van der Waals surface area (Å²) in [6, 6.07) is 14.4. The Morgan fingerprint density at radius 2 is 1.86 bits per heavy atom. The van der Waals surface area contributed by atoms with Gasteiger partial charge in [-0.3, -0.25) is 9.48 Å². The van der Waals surface area contributed by atoms with E-state index in [1.54, 1.807) is 10.7 Å². The first kappa shape index (κ1) is 18.7. The molecule has 1 heterocycles. The molecule has 5 rings (SSSR count). The molecule has 0 aliphatic heterocycles. The van der Waals surface area contributed by atoms with Gasteiger partial charge in [0, 0.05) is 11.0 Å². The normalized spacial score (nSPS) is 24.1. The van der Waals surface area contributed by atoms with E-state index in [9.17, 15) is 9.18 Å². The van der Waals surface area contributed by atoms with E-state index in [2.05, 4.69) is 37.6 Å². The highest BCUT2D eigenvalue weighted by Gasteiger charge is 2.62. The Hall–Kier alpha value is -2.33. The Kier molecular flexibility index (Phi) is 3.92. The molecule has 1 fully saturated rings. The van der Waals surface area contributed by atoms with Gasteiger partial charge in [0.1, 0.15) is 5.82 Å². The molecule has 0 saturated heterocycles. The van der Waals surface area contributed by atoms with E-state index < -0.39 is 5.82 Å². The highest BCUT2D eigenvalue weighted by Crippen LogP contribution is 2.67. The average molecular weight is 411 g/mol. The molecule has 2 aromatic carbocycles. The third-order valence-electron chi connectivity index (χ3n) is 7.59. The van der Waals surface area contributed by atoms with Crippen molar-refractivity contribution in [2.75, 3.05) is 0 Å². The van der Waals surface area contributed by atoms with E-state index in [0.29, 0.717) is 12.2 Å². The van der Waals surface area contributed by atoms with Crippen molar-refractivity contribution in [3.8, 4) is 5.69 Å². The van der Waals surface area contributed by atoms with E-state index >= 15 is 0 Å². The molecule has 2 atom stereocenters. The van der Waals surface area contributed by atoms with Gasteiger partial charge in [0.15, 0.2) is 0 Å². The van der Waals surface area contributed by atoms with Gasteiger partial charge >= 0.3 is 0 Å². The predicted molar refractivity (Wildman–Crippen MR) is 114 cm³/mol. The van der Waals surface area contributed by atoms with Gasteiger partial charge in [-0.2, -0.15) is 0 Å². The van der Waals surface area contributed by atoms with E-state index in [1.165, 1.54) is 12.1 Å². The van der Waals surface area contributed by atoms with Gasteiger partial charge in [-0.25, -0.2) is 9.07 Å². The summed E-state index contributed by atoms with van der Waals surface area (Å²) in [5.41, 5.74) is 3.60. The maximum atomic E-state index is 13.7. The monoisotopic (exact) mass is 410 g/mol.